The van der Waals surface area contributed by atoms with Gasteiger partial charge in [0.25, 0.3) is 5.91 Å². The molecule has 1 fully saturated rings. The van der Waals surface area contributed by atoms with Crippen molar-refractivity contribution in [2.75, 3.05) is 6.61 Å². The number of hydrogen-bond donors (Lipinski definition) is 2. The van der Waals surface area contributed by atoms with Gasteiger partial charge < -0.3 is 15.2 Å². The third-order valence-electron chi connectivity index (χ3n) is 3.67. The van der Waals surface area contributed by atoms with Crippen LogP contribution < -0.4 is 10.1 Å². The van der Waals surface area contributed by atoms with Gasteiger partial charge in [-0.25, -0.2) is 4.79 Å². The number of nitrogens with one attached hydrogen (secondary N) is 1. The molecule has 1 aromatic carbocycles. The summed E-state index contributed by atoms with van der Waals surface area (Å²) in [4.78, 5) is 22.7. The molecule has 1 aliphatic carbocycles. The summed E-state index contributed by atoms with van der Waals surface area (Å²) in [5.41, 5.74) is 0.733. The average Bonchev–Trinajstić information content (AvgIpc) is 3.04. The van der Waals surface area contributed by atoms with E-state index < -0.39 is 12.6 Å². The second-order valence-electron chi connectivity index (χ2n) is 5.50. The predicted molar refractivity (Wildman–Crippen MR) is 96.3 cm³/mol. The van der Waals surface area contributed by atoms with Crippen LogP contribution in [-0.4, -0.2) is 29.6 Å². The minimum atomic E-state index is -1.05. The highest BCUT2D eigenvalue weighted by molar-refractivity contribution is 14.1. The Kier molecular flexibility index (Phi) is 6.61. The van der Waals surface area contributed by atoms with Crippen LogP contribution in [0.4, 0.5) is 0 Å². The summed E-state index contributed by atoms with van der Waals surface area (Å²) in [5, 5.41) is 20.7. The second kappa shape index (κ2) is 8.68. The molecule has 24 heavy (non-hydrogen) atoms. The van der Waals surface area contributed by atoms with Gasteiger partial charge in [0.15, 0.2) is 6.61 Å². The normalized spacial score (nSPS) is 14.9. The number of halogens is 1. The lowest BCUT2D eigenvalue weighted by atomic mass is 10.1. The first kappa shape index (κ1) is 18.3. The molecule has 0 radical (unpaired) electrons. The van der Waals surface area contributed by atoms with Gasteiger partial charge in [0.1, 0.15) is 17.4 Å². The van der Waals surface area contributed by atoms with Crippen molar-refractivity contribution in [3.8, 4) is 11.8 Å². The van der Waals surface area contributed by atoms with E-state index in [0.717, 1.165) is 25.7 Å². The Hall–Kier alpha value is -2.08. The number of carbonyl (C=O) groups is 2. The fourth-order valence-electron chi connectivity index (χ4n) is 2.51. The Bertz CT molecular complexity index is 703. The van der Waals surface area contributed by atoms with E-state index in [2.05, 4.69) is 5.32 Å². The van der Waals surface area contributed by atoms with Crippen LogP contribution in [0.25, 0.3) is 6.08 Å². The molecular formula is C17H17IN2O4. The van der Waals surface area contributed by atoms with Gasteiger partial charge in [-0.2, -0.15) is 5.26 Å². The Morgan fingerprint density at radius 1 is 1.42 bits per heavy atom. The van der Waals surface area contributed by atoms with Crippen molar-refractivity contribution in [3.05, 3.63) is 32.9 Å². The van der Waals surface area contributed by atoms with Crippen LogP contribution in [0.3, 0.4) is 0 Å². The van der Waals surface area contributed by atoms with Crippen molar-refractivity contribution in [1.29, 1.82) is 5.26 Å². The van der Waals surface area contributed by atoms with Crippen molar-refractivity contribution >= 4 is 40.5 Å². The van der Waals surface area contributed by atoms with Gasteiger partial charge >= 0.3 is 5.97 Å². The summed E-state index contributed by atoms with van der Waals surface area (Å²) in [6, 6.07) is 7.13. The van der Waals surface area contributed by atoms with Gasteiger partial charge in [-0.15, -0.1) is 0 Å². The Morgan fingerprint density at radius 3 is 2.71 bits per heavy atom. The number of rotatable bonds is 6. The van der Waals surface area contributed by atoms with Gasteiger partial charge in [0.2, 0.25) is 0 Å². The predicted octanol–water partition coefficient (Wildman–Crippen LogP) is 2.72. The summed E-state index contributed by atoms with van der Waals surface area (Å²) in [6.07, 6.45) is 5.64. The molecule has 0 heterocycles. The Labute approximate surface area is 153 Å². The third-order valence-corrected chi connectivity index (χ3v) is 4.52. The van der Waals surface area contributed by atoms with Gasteiger partial charge in [-0.3, -0.25) is 4.79 Å². The summed E-state index contributed by atoms with van der Waals surface area (Å²) in [6.45, 7) is -0.418. The Morgan fingerprint density at radius 2 is 2.12 bits per heavy atom. The standard InChI is InChI=1S/C17H17IN2O4/c18-14-8-11(5-6-15(14)24-10-16(21)22)7-12(9-19)17(23)20-13-3-1-2-4-13/h5-8,13H,1-4,10H2,(H,20,23)(H,21,22)/b12-7-. The number of amides is 1. The zero-order chi connectivity index (χ0) is 17.5. The van der Waals surface area contributed by atoms with Gasteiger partial charge in [0, 0.05) is 6.04 Å². The fourth-order valence-corrected chi connectivity index (χ4v) is 3.21. The van der Waals surface area contributed by atoms with Crippen LogP contribution in [0.1, 0.15) is 31.2 Å². The molecule has 2 rings (SSSR count). The molecule has 0 saturated heterocycles. The molecule has 7 heteroatoms. The first-order chi connectivity index (χ1) is 11.5. The average molecular weight is 440 g/mol. The largest absolute Gasteiger partial charge is 0.481 e. The molecular weight excluding hydrogens is 423 g/mol. The number of carboxylic acids is 1. The van der Waals surface area contributed by atoms with Gasteiger partial charge in [-0.05, 0) is 59.2 Å². The van der Waals surface area contributed by atoms with Crippen molar-refractivity contribution in [1.82, 2.24) is 5.32 Å². The summed E-state index contributed by atoms with van der Waals surface area (Å²) in [7, 11) is 0. The number of aliphatic carboxylic acids is 1. The van der Waals surface area contributed by atoms with Crippen molar-refractivity contribution in [2.45, 2.75) is 31.7 Å². The number of nitriles is 1. The zero-order valence-electron chi connectivity index (χ0n) is 12.9. The monoisotopic (exact) mass is 440 g/mol. The van der Waals surface area contributed by atoms with Crippen molar-refractivity contribution in [2.24, 2.45) is 0 Å². The number of carboxylic acid groups (broad SMARTS) is 1. The van der Waals surface area contributed by atoms with E-state index in [9.17, 15) is 14.9 Å². The molecule has 2 N–H and O–H groups in total. The molecule has 1 aromatic rings. The van der Waals surface area contributed by atoms with E-state index in [4.69, 9.17) is 9.84 Å². The van der Waals surface area contributed by atoms with Crippen LogP contribution in [-0.2, 0) is 9.59 Å². The number of benzene rings is 1. The number of hydrogen-bond acceptors (Lipinski definition) is 4. The fraction of sp³-hybridized carbons (Fsp3) is 0.353. The molecule has 0 unspecified atom stereocenters. The molecule has 0 aliphatic heterocycles. The molecule has 0 spiro atoms. The summed E-state index contributed by atoms with van der Waals surface area (Å²) in [5.74, 6) is -0.959. The van der Waals surface area contributed by atoms with E-state index in [0.29, 0.717) is 14.9 Å². The molecule has 1 aliphatic rings. The van der Waals surface area contributed by atoms with Crippen LogP contribution in [0.5, 0.6) is 5.75 Å². The van der Waals surface area contributed by atoms with E-state index >= 15 is 0 Å². The van der Waals surface area contributed by atoms with E-state index in [1.54, 1.807) is 18.2 Å². The lowest BCUT2D eigenvalue weighted by Gasteiger charge is -2.11. The maximum atomic E-state index is 12.2. The maximum Gasteiger partial charge on any atom is 0.341 e. The molecule has 6 nitrogen and oxygen atoms in total. The first-order valence-electron chi connectivity index (χ1n) is 7.56. The van der Waals surface area contributed by atoms with E-state index in [1.165, 1.54) is 6.08 Å². The lowest BCUT2D eigenvalue weighted by Crippen LogP contribution is -2.33. The van der Waals surface area contributed by atoms with Gasteiger partial charge in [0.05, 0.1) is 3.57 Å². The van der Waals surface area contributed by atoms with Crippen LogP contribution in [0.2, 0.25) is 0 Å². The highest BCUT2D eigenvalue weighted by Gasteiger charge is 2.19. The SMILES string of the molecule is N#C/C(=C/c1ccc(OCC(=O)O)c(I)c1)C(=O)NC1CCCC1. The quantitative estimate of drug-likeness (QED) is 0.403. The van der Waals surface area contributed by atoms with Crippen molar-refractivity contribution in [3.63, 3.8) is 0 Å². The lowest BCUT2D eigenvalue weighted by molar-refractivity contribution is -0.139. The third kappa shape index (κ3) is 5.23. The molecule has 1 amide bonds. The highest BCUT2D eigenvalue weighted by atomic mass is 127. The first-order valence-corrected chi connectivity index (χ1v) is 8.64. The number of nitrogens with zero attached hydrogens (tertiary/aromatic N) is 1. The minimum Gasteiger partial charge on any atom is -0.481 e. The van der Waals surface area contributed by atoms with Crippen LogP contribution in [0.15, 0.2) is 23.8 Å². The molecule has 0 atom stereocenters. The molecule has 0 aromatic heterocycles. The minimum absolute atomic E-state index is 0.0527. The topological polar surface area (TPSA) is 99.4 Å². The molecule has 1 saturated carbocycles. The molecule has 126 valence electrons. The van der Waals surface area contributed by atoms with Crippen LogP contribution in [0, 0.1) is 14.9 Å². The number of ether oxygens (including phenoxy) is 1. The molecule has 0 bridgehead atoms. The summed E-state index contributed by atoms with van der Waals surface area (Å²) >= 11 is 2.02. The zero-order valence-corrected chi connectivity index (χ0v) is 15.1. The van der Waals surface area contributed by atoms with E-state index in [-0.39, 0.29) is 17.5 Å². The summed E-state index contributed by atoms with van der Waals surface area (Å²) < 4.78 is 5.85. The van der Waals surface area contributed by atoms with Crippen LogP contribution >= 0.6 is 22.6 Å². The highest BCUT2D eigenvalue weighted by Crippen LogP contribution is 2.23. The van der Waals surface area contributed by atoms with Crippen molar-refractivity contribution < 1.29 is 19.4 Å². The van der Waals surface area contributed by atoms with Gasteiger partial charge in [-0.1, -0.05) is 18.9 Å². The second-order valence-corrected chi connectivity index (χ2v) is 6.66. The Balaban J connectivity index is 2.09. The van der Waals surface area contributed by atoms with E-state index in [1.807, 2.05) is 28.7 Å². The smallest absolute Gasteiger partial charge is 0.341 e. The maximum absolute atomic E-state index is 12.2. The number of carbonyl (C=O) groups excluding carboxylic acids is 1.